The molecule has 0 spiro atoms. The Kier molecular flexibility index (Phi) is 5.66. The molecule has 2 rings (SSSR count). The van der Waals surface area contributed by atoms with E-state index in [0.717, 1.165) is 18.2 Å². The molecular weight excluding hydrogens is 369 g/mol. The lowest BCUT2D eigenvalue weighted by atomic mass is 9.97. The summed E-state index contributed by atoms with van der Waals surface area (Å²) in [6.07, 6.45) is 3.67. The molecule has 4 nitrogen and oxygen atoms in total. The van der Waals surface area contributed by atoms with E-state index < -0.39 is 26.2 Å². The van der Waals surface area contributed by atoms with Crippen molar-refractivity contribution in [2.75, 3.05) is 0 Å². The predicted molar refractivity (Wildman–Crippen MR) is 90.0 cm³/mol. The molecular formula is C18H13F3O4S. The number of hydrogen-bond donors (Lipinski definition) is 1. The smallest absolute Gasteiger partial charge is 0.478 e. The fourth-order valence-electron chi connectivity index (χ4n) is 2.15. The number of carboxylic acid groups (broad SMARTS) is 1. The number of sulfone groups is 1. The molecule has 2 aromatic rings. The molecule has 2 aromatic carbocycles. The lowest BCUT2D eigenvalue weighted by Crippen LogP contribution is -2.23. The molecule has 0 aliphatic heterocycles. The third-order valence-electron chi connectivity index (χ3n) is 3.37. The SMILES string of the molecule is O=C(O)/C=C/C=C(\c1ccccc1)c1ccc(S(=O)(=O)C(F)(F)F)cc1. The normalized spacial score (nSPS) is 13.1. The Balaban J connectivity index is 2.49. The zero-order chi connectivity index (χ0) is 19.4. The second-order valence-electron chi connectivity index (χ2n) is 5.12. The fourth-order valence-corrected chi connectivity index (χ4v) is 2.91. The van der Waals surface area contributed by atoms with Crippen molar-refractivity contribution in [3.8, 4) is 0 Å². The first-order chi connectivity index (χ1) is 12.1. The average Bonchev–Trinajstić information content (AvgIpc) is 2.58. The number of halogens is 3. The molecule has 0 radical (unpaired) electrons. The van der Waals surface area contributed by atoms with Gasteiger partial charge in [0.25, 0.3) is 9.84 Å². The Morgan fingerprint density at radius 2 is 1.46 bits per heavy atom. The monoisotopic (exact) mass is 382 g/mol. The van der Waals surface area contributed by atoms with E-state index in [1.165, 1.54) is 24.3 Å². The molecule has 8 heteroatoms. The summed E-state index contributed by atoms with van der Waals surface area (Å²) in [5.41, 5.74) is -3.72. The van der Waals surface area contributed by atoms with Crippen molar-refractivity contribution < 1.29 is 31.5 Å². The first-order valence-corrected chi connectivity index (χ1v) is 8.70. The zero-order valence-electron chi connectivity index (χ0n) is 13.1. The predicted octanol–water partition coefficient (Wildman–Crippen LogP) is 4.05. The minimum atomic E-state index is -5.42. The van der Waals surface area contributed by atoms with Crippen LogP contribution in [-0.4, -0.2) is 25.0 Å². The van der Waals surface area contributed by atoms with Crippen LogP contribution < -0.4 is 0 Å². The van der Waals surface area contributed by atoms with Gasteiger partial charge in [-0.2, -0.15) is 13.2 Å². The van der Waals surface area contributed by atoms with Gasteiger partial charge in [-0.3, -0.25) is 0 Å². The van der Waals surface area contributed by atoms with Gasteiger partial charge in [0, 0.05) is 6.08 Å². The number of hydrogen-bond acceptors (Lipinski definition) is 3. The maximum absolute atomic E-state index is 12.6. The van der Waals surface area contributed by atoms with E-state index in [2.05, 4.69) is 0 Å². The van der Waals surface area contributed by atoms with Crippen LogP contribution in [-0.2, 0) is 14.6 Å². The third-order valence-corrected chi connectivity index (χ3v) is 4.87. The number of benzene rings is 2. The molecule has 0 saturated heterocycles. The largest absolute Gasteiger partial charge is 0.501 e. The number of carbonyl (C=O) groups is 1. The maximum atomic E-state index is 12.6. The first-order valence-electron chi connectivity index (χ1n) is 7.21. The molecule has 0 heterocycles. The van der Waals surface area contributed by atoms with Crippen LogP contribution in [0.15, 0.2) is 77.7 Å². The average molecular weight is 382 g/mol. The summed E-state index contributed by atoms with van der Waals surface area (Å²) in [6.45, 7) is 0. The summed E-state index contributed by atoms with van der Waals surface area (Å²) in [5.74, 6) is -1.15. The second-order valence-corrected chi connectivity index (χ2v) is 7.06. The van der Waals surface area contributed by atoms with Crippen LogP contribution in [0.5, 0.6) is 0 Å². The molecule has 0 atom stereocenters. The van der Waals surface area contributed by atoms with Crippen molar-refractivity contribution in [2.24, 2.45) is 0 Å². The number of allylic oxidation sites excluding steroid dienone is 2. The van der Waals surface area contributed by atoms with Gasteiger partial charge in [-0.05, 0) is 28.8 Å². The zero-order valence-corrected chi connectivity index (χ0v) is 14.0. The van der Waals surface area contributed by atoms with Gasteiger partial charge in [0.1, 0.15) is 0 Å². The Hall–Kier alpha value is -2.87. The minimum Gasteiger partial charge on any atom is -0.478 e. The van der Waals surface area contributed by atoms with Gasteiger partial charge in [0.2, 0.25) is 0 Å². The van der Waals surface area contributed by atoms with E-state index >= 15 is 0 Å². The molecule has 0 saturated carbocycles. The quantitative estimate of drug-likeness (QED) is 0.626. The molecule has 0 fully saturated rings. The molecule has 1 N–H and O–H groups in total. The lowest BCUT2D eigenvalue weighted by molar-refractivity contribution is -0.131. The van der Waals surface area contributed by atoms with Crippen LogP contribution in [0.1, 0.15) is 11.1 Å². The Labute approximate surface area is 147 Å². The van der Waals surface area contributed by atoms with Crippen LogP contribution in [0.3, 0.4) is 0 Å². The highest BCUT2D eigenvalue weighted by Crippen LogP contribution is 2.31. The summed E-state index contributed by atoms with van der Waals surface area (Å²) in [6, 6.07) is 13.0. The summed E-state index contributed by atoms with van der Waals surface area (Å²) in [7, 11) is -5.42. The van der Waals surface area contributed by atoms with Gasteiger partial charge >= 0.3 is 11.5 Å². The Morgan fingerprint density at radius 1 is 0.923 bits per heavy atom. The minimum absolute atomic E-state index is 0.437. The van der Waals surface area contributed by atoms with Crippen molar-refractivity contribution in [3.63, 3.8) is 0 Å². The van der Waals surface area contributed by atoms with Crippen molar-refractivity contribution in [3.05, 3.63) is 84.0 Å². The molecule has 0 unspecified atom stereocenters. The van der Waals surface area contributed by atoms with Gasteiger partial charge in [-0.15, -0.1) is 0 Å². The van der Waals surface area contributed by atoms with Crippen LogP contribution in [0, 0.1) is 0 Å². The van der Waals surface area contributed by atoms with Gasteiger partial charge in [0.15, 0.2) is 0 Å². The molecule has 0 aliphatic rings. The van der Waals surface area contributed by atoms with Crippen LogP contribution >= 0.6 is 0 Å². The molecule has 0 aromatic heterocycles. The first kappa shape index (κ1) is 19.5. The van der Waals surface area contributed by atoms with Crippen molar-refractivity contribution in [1.82, 2.24) is 0 Å². The molecule has 26 heavy (non-hydrogen) atoms. The number of carboxylic acids is 1. The molecule has 0 amide bonds. The van der Waals surface area contributed by atoms with Crippen LogP contribution in [0.2, 0.25) is 0 Å². The molecule has 0 aliphatic carbocycles. The summed E-state index contributed by atoms with van der Waals surface area (Å²) in [5, 5.41) is 8.68. The van der Waals surface area contributed by atoms with Gasteiger partial charge in [-0.25, -0.2) is 13.2 Å². The van der Waals surface area contributed by atoms with E-state index in [-0.39, 0.29) is 0 Å². The number of rotatable bonds is 5. The fraction of sp³-hybridized carbons (Fsp3) is 0.0556. The van der Waals surface area contributed by atoms with E-state index in [0.29, 0.717) is 16.7 Å². The van der Waals surface area contributed by atoms with Crippen LogP contribution in [0.4, 0.5) is 13.2 Å². The van der Waals surface area contributed by atoms with E-state index in [4.69, 9.17) is 5.11 Å². The third kappa shape index (κ3) is 4.40. The highest BCUT2D eigenvalue weighted by atomic mass is 32.2. The Bertz CT molecular complexity index is 942. The standard InChI is InChI=1S/C18H13F3O4S/c19-18(20,21)26(24,25)15-11-9-14(10-12-15)16(7-4-8-17(22)23)13-5-2-1-3-6-13/h1-12H,(H,22,23)/b8-4+,16-7+. The number of alkyl halides is 3. The molecule has 0 bridgehead atoms. The van der Waals surface area contributed by atoms with Crippen LogP contribution in [0.25, 0.3) is 5.57 Å². The summed E-state index contributed by atoms with van der Waals surface area (Å²) >= 11 is 0. The summed E-state index contributed by atoms with van der Waals surface area (Å²) < 4.78 is 60.7. The van der Waals surface area contributed by atoms with Gasteiger partial charge in [0.05, 0.1) is 4.90 Å². The summed E-state index contributed by atoms with van der Waals surface area (Å²) in [4.78, 5) is 9.75. The van der Waals surface area contributed by atoms with E-state index in [9.17, 15) is 26.4 Å². The van der Waals surface area contributed by atoms with E-state index in [1.54, 1.807) is 30.3 Å². The maximum Gasteiger partial charge on any atom is 0.501 e. The topological polar surface area (TPSA) is 71.4 Å². The van der Waals surface area contributed by atoms with Crippen molar-refractivity contribution in [1.29, 1.82) is 0 Å². The molecule has 136 valence electrons. The van der Waals surface area contributed by atoms with Crippen molar-refractivity contribution >= 4 is 21.4 Å². The lowest BCUT2D eigenvalue weighted by Gasteiger charge is -2.11. The Morgan fingerprint density at radius 3 is 1.96 bits per heavy atom. The second kappa shape index (κ2) is 7.57. The van der Waals surface area contributed by atoms with E-state index in [1.807, 2.05) is 0 Å². The number of aliphatic carboxylic acids is 1. The van der Waals surface area contributed by atoms with Gasteiger partial charge in [-0.1, -0.05) is 54.6 Å². The van der Waals surface area contributed by atoms with Crippen molar-refractivity contribution in [2.45, 2.75) is 10.4 Å². The highest BCUT2D eigenvalue weighted by molar-refractivity contribution is 7.92. The highest BCUT2D eigenvalue weighted by Gasteiger charge is 2.46. The van der Waals surface area contributed by atoms with Gasteiger partial charge < -0.3 is 5.11 Å².